The summed E-state index contributed by atoms with van der Waals surface area (Å²) in [6.45, 7) is 1.91. The SMILES string of the molecule is Cc1ccc(Cl)cc1Oc1ccc(Br)cc1/C=C/C(=O)O. The fourth-order valence-corrected chi connectivity index (χ4v) is 2.25. The van der Waals surface area contributed by atoms with Crippen LogP contribution in [-0.2, 0) is 4.79 Å². The van der Waals surface area contributed by atoms with Crippen molar-refractivity contribution in [2.75, 3.05) is 0 Å². The molecule has 2 aromatic rings. The molecule has 108 valence electrons. The molecule has 0 heterocycles. The summed E-state index contributed by atoms with van der Waals surface area (Å²) >= 11 is 9.33. The average Bonchev–Trinajstić information content (AvgIpc) is 2.43. The molecule has 0 spiro atoms. The second-order valence-corrected chi connectivity index (χ2v) is 5.72. The number of carbonyl (C=O) groups is 1. The summed E-state index contributed by atoms with van der Waals surface area (Å²) in [5.41, 5.74) is 1.60. The Bertz CT molecular complexity index is 711. The monoisotopic (exact) mass is 366 g/mol. The summed E-state index contributed by atoms with van der Waals surface area (Å²) in [5, 5.41) is 9.33. The summed E-state index contributed by atoms with van der Waals surface area (Å²) in [4.78, 5) is 10.7. The number of halogens is 2. The van der Waals surface area contributed by atoms with Gasteiger partial charge in [0.25, 0.3) is 0 Å². The molecule has 0 radical (unpaired) electrons. The fraction of sp³-hybridized carbons (Fsp3) is 0.0625. The van der Waals surface area contributed by atoms with Gasteiger partial charge in [-0.2, -0.15) is 0 Å². The van der Waals surface area contributed by atoms with Gasteiger partial charge >= 0.3 is 5.97 Å². The molecule has 0 amide bonds. The van der Waals surface area contributed by atoms with Crippen molar-refractivity contribution in [3.05, 3.63) is 63.1 Å². The van der Waals surface area contributed by atoms with Crippen molar-refractivity contribution >= 4 is 39.6 Å². The third-order valence-electron chi connectivity index (χ3n) is 2.75. The van der Waals surface area contributed by atoms with Crippen molar-refractivity contribution in [2.45, 2.75) is 6.92 Å². The third kappa shape index (κ3) is 4.34. The number of hydrogen-bond acceptors (Lipinski definition) is 2. The molecule has 0 aromatic heterocycles. The zero-order valence-corrected chi connectivity index (χ0v) is 13.5. The predicted octanol–water partition coefficient (Wildman–Crippen LogP) is 5.30. The van der Waals surface area contributed by atoms with E-state index >= 15 is 0 Å². The van der Waals surface area contributed by atoms with Crippen molar-refractivity contribution < 1.29 is 14.6 Å². The molecule has 3 nitrogen and oxygen atoms in total. The Morgan fingerprint density at radius 3 is 2.71 bits per heavy atom. The number of carboxylic acids is 1. The highest BCUT2D eigenvalue weighted by molar-refractivity contribution is 9.10. The lowest BCUT2D eigenvalue weighted by Gasteiger charge is -2.12. The van der Waals surface area contributed by atoms with E-state index in [4.69, 9.17) is 21.4 Å². The zero-order valence-electron chi connectivity index (χ0n) is 11.1. The summed E-state index contributed by atoms with van der Waals surface area (Å²) in [7, 11) is 0. The van der Waals surface area contributed by atoms with Crippen LogP contribution >= 0.6 is 27.5 Å². The van der Waals surface area contributed by atoms with Gasteiger partial charge in [-0.3, -0.25) is 0 Å². The smallest absolute Gasteiger partial charge is 0.328 e. The van der Waals surface area contributed by atoms with Gasteiger partial charge in [-0.05, 0) is 48.9 Å². The number of aryl methyl sites for hydroxylation is 1. The van der Waals surface area contributed by atoms with Crippen LogP contribution in [0, 0.1) is 6.92 Å². The van der Waals surface area contributed by atoms with E-state index < -0.39 is 5.97 Å². The molecule has 2 rings (SSSR count). The normalized spacial score (nSPS) is 10.8. The molecule has 5 heteroatoms. The fourth-order valence-electron chi connectivity index (χ4n) is 1.71. The van der Waals surface area contributed by atoms with Crippen LogP contribution in [-0.4, -0.2) is 11.1 Å². The lowest BCUT2D eigenvalue weighted by atomic mass is 10.1. The van der Waals surface area contributed by atoms with Crippen LogP contribution in [0.4, 0.5) is 0 Å². The van der Waals surface area contributed by atoms with E-state index in [0.29, 0.717) is 22.1 Å². The van der Waals surface area contributed by atoms with Gasteiger partial charge in [-0.15, -0.1) is 0 Å². The largest absolute Gasteiger partial charge is 0.478 e. The first-order valence-electron chi connectivity index (χ1n) is 6.10. The van der Waals surface area contributed by atoms with Gasteiger partial charge in [-0.1, -0.05) is 33.6 Å². The minimum atomic E-state index is -1.01. The Morgan fingerprint density at radius 2 is 2.00 bits per heavy atom. The highest BCUT2D eigenvalue weighted by Crippen LogP contribution is 2.32. The van der Waals surface area contributed by atoms with Gasteiger partial charge in [0.2, 0.25) is 0 Å². The predicted molar refractivity (Wildman–Crippen MR) is 87.1 cm³/mol. The first-order chi connectivity index (χ1) is 9.95. The van der Waals surface area contributed by atoms with Crippen LogP contribution in [0.25, 0.3) is 6.08 Å². The van der Waals surface area contributed by atoms with Crippen LogP contribution in [0.15, 0.2) is 46.9 Å². The molecule has 0 unspecified atom stereocenters. The number of carboxylic acid groups (broad SMARTS) is 1. The van der Waals surface area contributed by atoms with E-state index in [-0.39, 0.29) is 0 Å². The Morgan fingerprint density at radius 1 is 1.24 bits per heavy atom. The van der Waals surface area contributed by atoms with E-state index in [9.17, 15) is 4.79 Å². The summed E-state index contributed by atoms with van der Waals surface area (Å²) in [6.07, 6.45) is 2.56. The standard InChI is InChI=1S/C16H12BrClO3/c1-10-2-5-13(18)9-15(10)21-14-6-4-12(17)8-11(14)3-7-16(19)20/h2-9H,1H3,(H,19,20)/b7-3+. The molecule has 0 aliphatic carbocycles. The molecule has 0 saturated carbocycles. The lowest BCUT2D eigenvalue weighted by Crippen LogP contribution is -1.91. The molecule has 2 aromatic carbocycles. The van der Waals surface area contributed by atoms with Crippen molar-refractivity contribution in [2.24, 2.45) is 0 Å². The molecular weight excluding hydrogens is 356 g/mol. The van der Waals surface area contributed by atoms with Crippen LogP contribution in [0.2, 0.25) is 5.02 Å². The topological polar surface area (TPSA) is 46.5 Å². The maximum absolute atomic E-state index is 10.7. The van der Waals surface area contributed by atoms with E-state index in [1.54, 1.807) is 24.3 Å². The quantitative estimate of drug-likeness (QED) is 0.746. The molecule has 0 aliphatic rings. The number of hydrogen-bond donors (Lipinski definition) is 1. The first kappa shape index (κ1) is 15.6. The molecule has 21 heavy (non-hydrogen) atoms. The summed E-state index contributed by atoms with van der Waals surface area (Å²) < 4.78 is 6.69. The van der Waals surface area contributed by atoms with Crippen LogP contribution in [0.3, 0.4) is 0 Å². The molecule has 0 atom stereocenters. The number of benzene rings is 2. The summed E-state index contributed by atoms with van der Waals surface area (Å²) in [6, 6.07) is 10.8. The Balaban J connectivity index is 2.39. The molecule has 0 bridgehead atoms. The molecule has 0 fully saturated rings. The first-order valence-corrected chi connectivity index (χ1v) is 7.27. The van der Waals surface area contributed by atoms with Crippen molar-refractivity contribution in [1.82, 2.24) is 0 Å². The van der Waals surface area contributed by atoms with Crippen molar-refractivity contribution in [3.8, 4) is 11.5 Å². The Hall–Kier alpha value is -1.78. The van der Waals surface area contributed by atoms with Crippen LogP contribution in [0.1, 0.15) is 11.1 Å². The summed E-state index contributed by atoms with van der Waals surface area (Å²) in [5.74, 6) is 0.177. The highest BCUT2D eigenvalue weighted by Gasteiger charge is 2.07. The van der Waals surface area contributed by atoms with Gasteiger partial charge < -0.3 is 9.84 Å². The van der Waals surface area contributed by atoms with Gasteiger partial charge in [0.05, 0.1) is 0 Å². The maximum atomic E-state index is 10.7. The van der Waals surface area contributed by atoms with Gasteiger partial charge in [0.1, 0.15) is 11.5 Å². The second-order valence-electron chi connectivity index (χ2n) is 4.37. The van der Waals surface area contributed by atoms with E-state index in [1.807, 2.05) is 19.1 Å². The average molecular weight is 368 g/mol. The minimum absolute atomic E-state index is 0.557. The maximum Gasteiger partial charge on any atom is 0.328 e. The molecule has 0 aliphatic heterocycles. The van der Waals surface area contributed by atoms with Crippen LogP contribution in [0.5, 0.6) is 11.5 Å². The molecule has 1 N–H and O–H groups in total. The Kier molecular flexibility index (Phi) is 5.04. The number of ether oxygens (including phenoxy) is 1. The van der Waals surface area contributed by atoms with Crippen LogP contribution < -0.4 is 4.74 Å². The zero-order chi connectivity index (χ0) is 15.4. The number of aliphatic carboxylic acids is 1. The highest BCUT2D eigenvalue weighted by atomic mass is 79.9. The van der Waals surface area contributed by atoms with Crippen molar-refractivity contribution in [3.63, 3.8) is 0 Å². The Labute approximate surface area is 135 Å². The lowest BCUT2D eigenvalue weighted by molar-refractivity contribution is -0.131. The van der Waals surface area contributed by atoms with E-state index in [2.05, 4.69) is 15.9 Å². The van der Waals surface area contributed by atoms with Gasteiger partial charge in [-0.25, -0.2) is 4.79 Å². The second kappa shape index (κ2) is 6.78. The van der Waals surface area contributed by atoms with E-state index in [1.165, 1.54) is 6.08 Å². The molecule has 0 saturated heterocycles. The van der Waals surface area contributed by atoms with Gasteiger partial charge in [0.15, 0.2) is 0 Å². The molecular formula is C16H12BrClO3. The van der Waals surface area contributed by atoms with E-state index in [0.717, 1.165) is 16.1 Å². The van der Waals surface area contributed by atoms with Gasteiger partial charge in [0, 0.05) is 21.1 Å². The third-order valence-corrected chi connectivity index (χ3v) is 3.48. The minimum Gasteiger partial charge on any atom is -0.478 e. The number of rotatable bonds is 4. The van der Waals surface area contributed by atoms with Crippen molar-refractivity contribution in [1.29, 1.82) is 0 Å².